The molecule has 3 aromatic rings. The van der Waals surface area contributed by atoms with E-state index in [1.807, 2.05) is 39.0 Å². The lowest BCUT2D eigenvalue weighted by Crippen LogP contribution is -2.32. The summed E-state index contributed by atoms with van der Waals surface area (Å²) >= 11 is 2.97. The molecule has 126 valence electrons. The fourth-order valence-corrected chi connectivity index (χ4v) is 3.71. The van der Waals surface area contributed by atoms with Crippen molar-refractivity contribution < 1.29 is 9.21 Å². The van der Waals surface area contributed by atoms with Crippen molar-refractivity contribution in [2.45, 2.75) is 44.2 Å². The highest BCUT2D eigenvalue weighted by molar-refractivity contribution is 7.98. The van der Waals surface area contributed by atoms with Crippen molar-refractivity contribution in [3.8, 4) is 0 Å². The maximum Gasteiger partial charge on any atom is 0.270 e. The summed E-state index contributed by atoms with van der Waals surface area (Å²) in [6.07, 6.45) is 0.899. The molecule has 1 N–H and O–H groups in total. The number of aromatic nitrogens is 2. The smallest absolute Gasteiger partial charge is 0.270 e. The van der Waals surface area contributed by atoms with Crippen LogP contribution in [0.3, 0.4) is 0 Å². The summed E-state index contributed by atoms with van der Waals surface area (Å²) < 4.78 is 5.72. The average Bonchev–Trinajstić information content (AvgIpc) is 3.18. The van der Waals surface area contributed by atoms with E-state index >= 15 is 0 Å². The van der Waals surface area contributed by atoms with Crippen molar-refractivity contribution in [1.82, 2.24) is 15.3 Å². The summed E-state index contributed by atoms with van der Waals surface area (Å²) in [6, 6.07) is 6.09. The fraction of sp³-hybridized carbons (Fsp3) is 0.353. The zero-order chi connectivity index (χ0) is 17.1. The van der Waals surface area contributed by atoms with Gasteiger partial charge >= 0.3 is 0 Å². The summed E-state index contributed by atoms with van der Waals surface area (Å²) in [6.45, 7) is 6.05. The van der Waals surface area contributed by atoms with Crippen LogP contribution >= 0.6 is 23.1 Å². The van der Waals surface area contributed by atoms with Crippen LogP contribution < -0.4 is 5.32 Å². The molecular formula is C17H19N3O2S2. The zero-order valence-corrected chi connectivity index (χ0v) is 15.5. The number of hydrogen-bond donors (Lipinski definition) is 1. The van der Waals surface area contributed by atoms with E-state index in [4.69, 9.17) is 4.42 Å². The molecule has 0 aliphatic rings. The summed E-state index contributed by atoms with van der Waals surface area (Å²) in [5.41, 5.74) is 3.29. The van der Waals surface area contributed by atoms with E-state index < -0.39 is 0 Å². The standard InChI is InChI=1S/C17H19N3O2S2/c1-4-11(3)18-16(21)13-8-23-15(19-13)9-24-17-20-12-7-10(2)5-6-14(12)22-17/h5-8,11H,4,9H2,1-3H3,(H,18,21)/t11-/m1/s1. The highest BCUT2D eigenvalue weighted by atomic mass is 32.2. The number of aryl methyl sites for hydroxylation is 1. The maximum atomic E-state index is 12.0. The van der Waals surface area contributed by atoms with Crippen LogP contribution in [0.4, 0.5) is 0 Å². The number of hydrogen-bond acceptors (Lipinski definition) is 6. The van der Waals surface area contributed by atoms with Crippen molar-refractivity contribution in [1.29, 1.82) is 0 Å². The van der Waals surface area contributed by atoms with Crippen LogP contribution in [-0.4, -0.2) is 21.9 Å². The number of rotatable bonds is 6. The predicted molar refractivity (Wildman–Crippen MR) is 97.6 cm³/mol. The number of amides is 1. The number of nitrogens with zero attached hydrogens (tertiary/aromatic N) is 2. The van der Waals surface area contributed by atoms with E-state index in [-0.39, 0.29) is 11.9 Å². The third kappa shape index (κ3) is 3.96. The van der Waals surface area contributed by atoms with Gasteiger partial charge in [-0.2, -0.15) is 0 Å². The van der Waals surface area contributed by atoms with Crippen LogP contribution in [0.25, 0.3) is 11.1 Å². The monoisotopic (exact) mass is 361 g/mol. The number of carbonyl (C=O) groups excluding carboxylic acids is 1. The fourth-order valence-electron chi connectivity index (χ4n) is 2.08. The molecule has 0 fully saturated rings. The van der Waals surface area contributed by atoms with Gasteiger partial charge in [-0.05, 0) is 38.0 Å². The SMILES string of the molecule is CC[C@@H](C)NC(=O)c1csc(CSc2nc3cc(C)ccc3o2)n1. The zero-order valence-electron chi connectivity index (χ0n) is 13.8. The molecule has 1 amide bonds. The number of thiazole rings is 1. The van der Waals surface area contributed by atoms with Gasteiger partial charge in [0.1, 0.15) is 16.2 Å². The molecule has 1 aromatic carbocycles. The molecule has 0 saturated carbocycles. The Morgan fingerprint density at radius 1 is 1.42 bits per heavy atom. The predicted octanol–water partition coefficient (Wildman–Crippen LogP) is 4.41. The van der Waals surface area contributed by atoms with Gasteiger partial charge < -0.3 is 9.73 Å². The van der Waals surface area contributed by atoms with Gasteiger partial charge in [0.2, 0.25) is 0 Å². The van der Waals surface area contributed by atoms with Gasteiger partial charge in [0.05, 0.1) is 5.75 Å². The summed E-state index contributed by atoms with van der Waals surface area (Å²) in [7, 11) is 0. The molecule has 24 heavy (non-hydrogen) atoms. The molecule has 0 unspecified atom stereocenters. The normalized spacial score (nSPS) is 12.5. The molecule has 0 saturated heterocycles. The molecule has 0 aliphatic heterocycles. The van der Waals surface area contributed by atoms with Crippen LogP contribution in [0.2, 0.25) is 0 Å². The van der Waals surface area contributed by atoms with Crippen molar-refractivity contribution in [3.05, 3.63) is 39.8 Å². The average molecular weight is 361 g/mol. The number of fused-ring (bicyclic) bond motifs is 1. The van der Waals surface area contributed by atoms with E-state index in [1.54, 1.807) is 5.38 Å². The molecule has 7 heteroatoms. The van der Waals surface area contributed by atoms with Gasteiger partial charge in [-0.15, -0.1) is 11.3 Å². The number of benzene rings is 1. The number of nitrogens with one attached hydrogen (secondary N) is 1. The van der Waals surface area contributed by atoms with Crippen LogP contribution in [0.15, 0.2) is 33.2 Å². The third-order valence-corrected chi connectivity index (χ3v) is 5.49. The number of carbonyl (C=O) groups is 1. The molecule has 0 bridgehead atoms. The molecule has 0 aliphatic carbocycles. The lowest BCUT2D eigenvalue weighted by molar-refractivity contribution is 0.0935. The number of oxazole rings is 1. The van der Waals surface area contributed by atoms with Crippen LogP contribution in [0.5, 0.6) is 0 Å². The lowest BCUT2D eigenvalue weighted by atomic mass is 10.2. The van der Waals surface area contributed by atoms with Crippen molar-refractivity contribution in [2.75, 3.05) is 0 Å². The highest BCUT2D eigenvalue weighted by Gasteiger charge is 2.14. The molecule has 0 radical (unpaired) electrons. The second-order valence-electron chi connectivity index (χ2n) is 5.65. The van der Waals surface area contributed by atoms with E-state index in [2.05, 4.69) is 15.3 Å². The van der Waals surface area contributed by atoms with E-state index in [1.165, 1.54) is 23.1 Å². The van der Waals surface area contributed by atoms with E-state index in [0.717, 1.165) is 28.1 Å². The van der Waals surface area contributed by atoms with Crippen molar-refractivity contribution >= 4 is 40.1 Å². The summed E-state index contributed by atoms with van der Waals surface area (Å²) in [4.78, 5) is 20.9. The van der Waals surface area contributed by atoms with Crippen molar-refractivity contribution in [3.63, 3.8) is 0 Å². The third-order valence-electron chi connectivity index (χ3n) is 3.62. The van der Waals surface area contributed by atoms with Gasteiger partial charge in [0.15, 0.2) is 5.58 Å². The second kappa shape index (κ2) is 7.36. The maximum absolute atomic E-state index is 12.0. The van der Waals surface area contributed by atoms with Crippen molar-refractivity contribution in [2.24, 2.45) is 0 Å². The van der Waals surface area contributed by atoms with Gasteiger partial charge in [-0.25, -0.2) is 9.97 Å². The van der Waals surface area contributed by atoms with E-state index in [0.29, 0.717) is 16.7 Å². The van der Waals surface area contributed by atoms with Gasteiger partial charge in [0, 0.05) is 11.4 Å². The second-order valence-corrected chi connectivity index (χ2v) is 7.52. The highest BCUT2D eigenvalue weighted by Crippen LogP contribution is 2.27. The molecule has 1 atom stereocenters. The minimum absolute atomic E-state index is 0.116. The first-order valence-electron chi connectivity index (χ1n) is 7.80. The van der Waals surface area contributed by atoms with Crippen LogP contribution in [0.1, 0.15) is 41.3 Å². The number of thioether (sulfide) groups is 1. The minimum Gasteiger partial charge on any atom is -0.431 e. The molecule has 3 rings (SSSR count). The Hall–Kier alpha value is -1.86. The van der Waals surface area contributed by atoms with E-state index in [9.17, 15) is 4.79 Å². The quantitative estimate of drug-likeness (QED) is 0.659. The Labute approximate surface area is 148 Å². The largest absolute Gasteiger partial charge is 0.431 e. The topological polar surface area (TPSA) is 68.0 Å². The van der Waals surface area contributed by atoms with Crippen LogP contribution in [-0.2, 0) is 5.75 Å². The Morgan fingerprint density at radius 2 is 2.25 bits per heavy atom. The Balaban J connectivity index is 1.63. The minimum atomic E-state index is -0.116. The Morgan fingerprint density at radius 3 is 3.04 bits per heavy atom. The first kappa shape index (κ1) is 17.0. The van der Waals surface area contributed by atoms with Gasteiger partial charge in [-0.1, -0.05) is 24.8 Å². The summed E-state index contributed by atoms with van der Waals surface area (Å²) in [5.74, 6) is 0.516. The summed E-state index contributed by atoms with van der Waals surface area (Å²) in [5, 5.41) is 6.22. The Kier molecular flexibility index (Phi) is 5.20. The molecule has 0 spiro atoms. The van der Waals surface area contributed by atoms with Gasteiger partial charge in [-0.3, -0.25) is 4.79 Å². The lowest BCUT2D eigenvalue weighted by Gasteiger charge is -2.09. The molecular weight excluding hydrogens is 342 g/mol. The molecule has 2 heterocycles. The Bertz CT molecular complexity index is 857. The van der Waals surface area contributed by atoms with Gasteiger partial charge in [0.25, 0.3) is 11.1 Å². The first-order valence-corrected chi connectivity index (χ1v) is 9.67. The first-order chi connectivity index (χ1) is 11.5. The van der Waals surface area contributed by atoms with Crippen LogP contribution in [0, 0.1) is 6.92 Å². The molecule has 2 aromatic heterocycles. The molecule has 5 nitrogen and oxygen atoms in total.